The number of H-pyrrole nitrogens is 1. The van der Waals surface area contributed by atoms with E-state index in [1.54, 1.807) is 0 Å². The van der Waals surface area contributed by atoms with Crippen LogP contribution in [-0.4, -0.2) is 22.5 Å². The molecular weight excluding hydrogens is 350 g/mol. The van der Waals surface area contributed by atoms with Crippen molar-refractivity contribution in [1.29, 1.82) is 0 Å². The highest BCUT2D eigenvalue weighted by Crippen LogP contribution is 2.22. The second kappa shape index (κ2) is 7.56. The molecule has 3 aromatic carbocycles. The second-order valence-electron chi connectivity index (χ2n) is 6.84. The Morgan fingerprint density at radius 3 is 2.43 bits per heavy atom. The lowest BCUT2D eigenvalue weighted by atomic mass is 10.1. The van der Waals surface area contributed by atoms with Crippen LogP contribution in [0.3, 0.4) is 0 Å². The first-order valence-electron chi connectivity index (χ1n) is 9.13. The van der Waals surface area contributed by atoms with E-state index in [-0.39, 0.29) is 12.5 Å². The van der Waals surface area contributed by atoms with Crippen molar-refractivity contribution in [3.8, 4) is 17.1 Å². The molecule has 5 nitrogen and oxygen atoms in total. The van der Waals surface area contributed by atoms with Gasteiger partial charge in [-0.25, -0.2) is 4.98 Å². The van der Waals surface area contributed by atoms with Crippen LogP contribution in [0.4, 0.5) is 5.69 Å². The van der Waals surface area contributed by atoms with Gasteiger partial charge in [-0.3, -0.25) is 4.79 Å². The molecule has 1 heterocycles. The van der Waals surface area contributed by atoms with Crippen molar-refractivity contribution in [3.63, 3.8) is 0 Å². The SMILES string of the molecule is Cc1cc(C)cc(OCC(=O)Nc2ccc(-c3nc4ccccc4[nH]3)cc2)c1. The molecule has 1 amide bonds. The highest BCUT2D eigenvalue weighted by atomic mass is 16.5. The Balaban J connectivity index is 1.39. The third kappa shape index (κ3) is 4.04. The van der Waals surface area contributed by atoms with Gasteiger partial charge in [-0.05, 0) is 73.5 Å². The molecule has 5 heteroatoms. The summed E-state index contributed by atoms with van der Waals surface area (Å²) >= 11 is 0. The number of aryl methyl sites for hydroxylation is 2. The van der Waals surface area contributed by atoms with Crippen LogP contribution in [0.2, 0.25) is 0 Å². The van der Waals surface area contributed by atoms with Gasteiger partial charge < -0.3 is 15.0 Å². The van der Waals surface area contributed by atoms with Crippen LogP contribution < -0.4 is 10.1 Å². The molecule has 2 N–H and O–H groups in total. The monoisotopic (exact) mass is 371 g/mol. The van der Waals surface area contributed by atoms with Gasteiger partial charge >= 0.3 is 0 Å². The molecule has 0 saturated carbocycles. The van der Waals surface area contributed by atoms with Crippen molar-refractivity contribution < 1.29 is 9.53 Å². The Labute approximate surface area is 163 Å². The van der Waals surface area contributed by atoms with Gasteiger partial charge in [0.25, 0.3) is 5.91 Å². The summed E-state index contributed by atoms with van der Waals surface area (Å²) in [6.07, 6.45) is 0. The number of fused-ring (bicyclic) bond motifs is 1. The van der Waals surface area contributed by atoms with Crippen molar-refractivity contribution in [3.05, 3.63) is 77.9 Å². The number of aromatic amines is 1. The molecule has 0 aliphatic carbocycles. The molecule has 1 aromatic heterocycles. The van der Waals surface area contributed by atoms with Crippen LogP contribution in [0.5, 0.6) is 5.75 Å². The average Bonchev–Trinajstić information content (AvgIpc) is 3.10. The minimum Gasteiger partial charge on any atom is -0.484 e. The summed E-state index contributed by atoms with van der Waals surface area (Å²) < 4.78 is 5.60. The van der Waals surface area contributed by atoms with E-state index in [1.807, 2.05) is 74.5 Å². The quantitative estimate of drug-likeness (QED) is 0.526. The number of hydrogen-bond donors (Lipinski definition) is 2. The fourth-order valence-electron chi connectivity index (χ4n) is 3.16. The van der Waals surface area contributed by atoms with Gasteiger partial charge in [0.05, 0.1) is 11.0 Å². The first-order valence-corrected chi connectivity index (χ1v) is 9.13. The number of anilines is 1. The smallest absolute Gasteiger partial charge is 0.262 e. The predicted octanol–water partition coefficient (Wildman–Crippen LogP) is 4.86. The van der Waals surface area contributed by atoms with Gasteiger partial charge in [-0.15, -0.1) is 0 Å². The number of carbonyl (C=O) groups is 1. The molecule has 0 radical (unpaired) electrons. The van der Waals surface area contributed by atoms with Crippen molar-refractivity contribution in [1.82, 2.24) is 9.97 Å². The number of amides is 1. The number of aromatic nitrogens is 2. The minimum absolute atomic E-state index is 0.0335. The zero-order chi connectivity index (χ0) is 19.5. The molecule has 140 valence electrons. The largest absolute Gasteiger partial charge is 0.484 e. The van der Waals surface area contributed by atoms with Gasteiger partial charge in [0, 0.05) is 11.3 Å². The lowest BCUT2D eigenvalue weighted by Crippen LogP contribution is -2.20. The molecule has 0 fully saturated rings. The maximum Gasteiger partial charge on any atom is 0.262 e. The number of ether oxygens (including phenoxy) is 1. The Morgan fingerprint density at radius 1 is 1.00 bits per heavy atom. The van der Waals surface area contributed by atoms with E-state index >= 15 is 0 Å². The van der Waals surface area contributed by atoms with Gasteiger partial charge in [0.1, 0.15) is 11.6 Å². The Kier molecular flexibility index (Phi) is 4.81. The molecule has 0 bridgehead atoms. The van der Waals surface area contributed by atoms with E-state index in [1.165, 1.54) is 0 Å². The normalized spacial score (nSPS) is 10.8. The second-order valence-corrected chi connectivity index (χ2v) is 6.84. The summed E-state index contributed by atoms with van der Waals surface area (Å²) in [5.74, 6) is 1.31. The minimum atomic E-state index is -0.198. The molecular formula is C23H21N3O2. The van der Waals surface area contributed by atoms with Crippen LogP contribution in [0, 0.1) is 13.8 Å². The maximum absolute atomic E-state index is 12.2. The van der Waals surface area contributed by atoms with Gasteiger partial charge in [-0.1, -0.05) is 18.2 Å². The Bertz CT molecular complexity index is 1080. The van der Waals surface area contributed by atoms with Gasteiger partial charge in [0.15, 0.2) is 6.61 Å². The number of hydrogen-bond acceptors (Lipinski definition) is 3. The topological polar surface area (TPSA) is 67.0 Å². The average molecular weight is 371 g/mol. The number of rotatable bonds is 5. The van der Waals surface area contributed by atoms with E-state index in [2.05, 4.69) is 21.4 Å². The van der Waals surface area contributed by atoms with E-state index < -0.39 is 0 Å². The number of nitrogens with one attached hydrogen (secondary N) is 2. The molecule has 0 aliphatic rings. The highest BCUT2D eigenvalue weighted by molar-refractivity contribution is 5.92. The molecule has 28 heavy (non-hydrogen) atoms. The van der Waals surface area contributed by atoms with Gasteiger partial charge in [0.2, 0.25) is 0 Å². The van der Waals surface area contributed by atoms with Crippen LogP contribution in [0.25, 0.3) is 22.4 Å². The van der Waals surface area contributed by atoms with Crippen LogP contribution in [0.15, 0.2) is 66.7 Å². The maximum atomic E-state index is 12.2. The summed E-state index contributed by atoms with van der Waals surface area (Å²) in [5, 5.41) is 2.85. The van der Waals surface area contributed by atoms with E-state index in [0.717, 1.165) is 33.5 Å². The number of para-hydroxylation sites is 2. The molecule has 4 rings (SSSR count). The van der Waals surface area contributed by atoms with E-state index in [4.69, 9.17) is 4.74 Å². The number of benzene rings is 3. The first-order chi connectivity index (χ1) is 13.6. The Morgan fingerprint density at radius 2 is 1.71 bits per heavy atom. The van der Waals surface area contributed by atoms with Gasteiger partial charge in [-0.2, -0.15) is 0 Å². The third-order valence-corrected chi connectivity index (χ3v) is 4.40. The predicted molar refractivity (Wildman–Crippen MR) is 112 cm³/mol. The zero-order valence-corrected chi connectivity index (χ0v) is 15.8. The third-order valence-electron chi connectivity index (χ3n) is 4.40. The lowest BCUT2D eigenvalue weighted by molar-refractivity contribution is -0.118. The summed E-state index contributed by atoms with van der Waals surface area (Å²) in [5.41, 5.74) is 5.82. The summed E-state index contributed by atoms with van der Waals surface area (Å²) in [6, 6.07) is 21.4. The summed E-state index contributed by atoms with van der Waals surface area (Å²) in [7, 11) is 0. The van der Waals surface area contributed by atoms with Crippen LogP contribution in [0.1, 0.15) is 11.1 Å². The number of carbonyl (C=O) groups excluding carboxylic acids is 1. The Hall–Kier alpha value is -3.60. The molecule has 0 unspecified atom stereocenters. The molecule has 4 aromatic rings. The zero-order valence-electron chi connectivity index (χ0n) is 15.8. The number of nitrogens with zero attached hydrogens (tertiary/aromatic N) is 1. The van der Waals surface area contributed by atoms with Crippen LogP contribution in [-0.2, 0) is 4.79 Å². The van der Waals surface area contributed by atoms with Crippen LogP contribution >= 0.6 is 0 Å². The van der Waals surface area contributed by atoms with E-state index in [0.29, 0.717) is 11.4 Å². The molecule has 0 atom stereocenters. The fourth-order valence-corrected chi connectivity index (χ4v) is 3.16. The molecule has 0 spiro atoms. The highest BCUT2D eigenvalue weighted by Gasteiger charge is 2.07. The van der Waals surface area contributed by atoms with Crippen molar-refractivity contribution >= 4 is 22.6 Å². The number of imidazole rings is 1. The van der Waals surface area contributed by atoms with Crippen molar-refractivity contribution in [2.75, 3.05) is 11.9 Å². The molecule has 0 saturated heterocycles. The van der Waals surface area contributed by atoms with E-state index in [9.17, 15) is 4.79 Å². The van der Waals surface area contributed by atoms with Crippen molar-refractivity contribution in [2.24, 2.45) is 0 Å². The standard InChI is InChI=1S/C23H21N3O2/c1-15-11-16(2)13-19(12-15)28-14-22(27)24-18-9-7-17(8-10-18)23-25-20-5-3-4-6-21(20)26-23/h3-13H,14H2,1-2H3,(H,24,27)(H,25,26). The van der Waals surface area contributed by atoms with Crippen molar-refractivity contribution in [2.45, 2.75) is 13.8 Å². The fraction of sp³-hybridized carbons (Fsp3) is 0.130. The summed E-state index contributed by atoms with van der Waals surface area (Å²) in [4.78, 5) is 20.1. The summed E-state index contributed by atoms with van der Waals surface area (Å²) in [6.45, 7) is 3.97. The lowest BCUT2D eigenvalue weighted by Gasteiger charge is -2.09. The molecule has 0 aliphatic heterocycles. The first kappa shape index (κ1) is 17.8.